The number of benzene rings is 2. The van der Waals surface area contributed by atoms with Crippen molar-refractivity contribution in [3.63, 3.8) is 0 Å². The van der Waals surface area contributed by atoms with Crippen molar-refractivity contribution in [1.29, 1.82) is 0 Å². The first-order valence-electron chi connectivity index (χ1n) is 8.86. The SMILES string of the molecule is COc1ccc2cc([C@@H](C)C(=O)Nc3n[nH]c(-c4ccccn4)n3)ccc2c1. The molecule has 0 aliphatic rings. The van der Waals surface area contributed by atoms with E-state index in [0.717, 1.165) is 22.1 Å². The Morgan fingerprint density at radius 3 is 2.71 bits per heavy atom. The average Bonchev–Trinajstić information content (AvgIpc) is 3.21. The number of hydrogen-bond acceptors (Lipinski definition) is 5. The maximum Gasteiger partial charge on any atom is 0.249 e. The third-order valence-electron chi connectivity index (χ3n) is 4.59. The van der Waals surface area contributed by atoms with E-state index >= 15 is 0 Å². The zero-order valence-electron chi connectivity index (χ0n) is 15.5. The van der Waals surface area contributed by atoms with Gasteiger partial charge in [-0.2, -0.15) is 4.98 Å². The van der Waals surface area contributed by atoms with Gasteiger partial charge in [0.05, 0.1) is 13.0 Å². The summed E-state index contributed by atoms with van der Waals surface area (Å²) in [5.74, 6) is 0.994. The largest absolute Gasteiger partial charge is 0.497 e. The van der Waals surface area contributed by atoms with Gasteiger partial charge < -0.3 is 4.74 Å². The smallest absolute Gasteiger partial charge is 0.249 e. The quantitative estimate of drug-likeness (QED) is 0.555. The maximum atomic E-state index is 12.7. The molecule has 7 heteroatoms. The molecule has 2 heterocycles. The maximum absolute atomic E-state index is 12.7. The van der Waals surface area contributed by atoms with Crippen molar-refractivity contribution < 1.29 is 9.53 Å². The molecule has 0 aliphatic heterocycles. The minimum Gasteiger partial charge on any atom is -0.497 e. The van der Waals surface area contributed by atoms with Crippen LogP contribution in [-0.2, 0) is 4.79 Å². The number of fused-ring (bicyclic) bond motifs is 1. The molecule has 0 bridgehead atoms. The number of H-pyrrole nitrogens is 1. The summed E-state index contributed by atoms with van der Waals surface area (Å²) < 4.78 is 5.25. The Morgan fingerprint density at radius 1 is 1.11 bits per heavy atom. The standard InChI is InChI=1S/C21H19N5O2/c1-13(14-6-7-16-12-17(28-2)9-8-15(16)11-14)20(27)24-21-23-19(25-26-21)18-5-3-4-10-22-18/h3-13H,1-2H3,(H2,23,24,25,26,27)/t13-/m1/s1. The predicted octanol–water partition coefficient (Wildman–Crippen LogP) is 3.77. The Hall–Kier alpha value is -3.74. The van der Waals surface area contributed by atoms with E-state index in [4.69, 9.17) is 4.74 Å². The number of anilines is 1. The highest BCUT2D eigenvalue weighted by Gasteiger charge is 2.18. The fourth-order valence-electron chi connectivity index (χ4n) is 2.94. The molecule has 0 saturated carbocycles. The van der Waals surface area contributed by atoms with Gasteiger partial charge in [-0.25, -0.2) is 0 Å². The minimum atomic E-state index is -0.358. The van der Waals surface area contributed by atoms with Crippen LogP contribution in [0.15, 0.2) is 60.8 Å². The number of nitrogens with one attached hydrogen (secondary N) is 2. The Balaban J connectivity index is 1.50. The molecule has 1 atom stereocenters. The van der Waals surface area contributed by atoms with Crippen LogP contribution in [0, 0.1) is 0 Å². The van der Waals surface area contributed by atoms with Gasteiger partial charge in [0.1, 0.15) is 11.4 Å². The van der Waals surface area contributed by atoms with Crippen molar-refractivity contribution in [1.82, 2.24) is 20.2 Å². The van der Waals surface area contributed by atoms with Crippen molar-refractivity contribution in [2.24, 2.45) is 0 Å². The fraction of sp³-hybridized carbons (Fsp3) is 0.143. The molecule has 0 aliphatic carbocycles. The van der Waals surface area contributed by atoms with E-state index in [-0.39, 0.29) is 17.8 Å². The predicted molar refractivity (Wildman–Crippen MR) is 107 cm³/mol. The second kappa shape index (κ2) is 7.48. The lowest BCUT2D eigenvalue weighted by Gasteiger charge is -2.12. The van der Waals surface area contributed by atoms with Crippen LogP contribution in [0.25, 0.3) is 22.3 Å². The van der Waals surface area contributed by atoms with Gasteiger partial charge in [0.2, 0.25) is 11.9 Å². The molecule has 2 aromatic heterocycles. The summed E-state index contributed by atoms with van der Waals surface area (Å²) in [6.45, 7) is 1.85. The molecular weight excluding hydrogens is 354 g/mol. The highest BCUT2D eigenvalue weighted by Crippen LogP contribution is 2.26. The number of aromatic amines is 1. The summed E-state index contributed by atoms with van der Waals surface area (Å²) in [4.78, 5) is 21.2. The van der Waals surface area contributed by atoms with Crippen molar-refractivity contribution in [2.45, 2.75) is 12.8 Å². The molecule has 0 radical (unpaired) electrons. The first-order valence-corrected chi connectivity index (χ1v) is 8.86. The van der Waals surface area contributed by atoms with E-state index in [1.54, 1.807) is 13.3 Å². The summed E-state index contributed by atoms with van der Waals surface area (Å²) in [7, 11) is 1.64. The van der Waals surface area contributed by atoms with Gasteiger partial charge in [-0.15, -0.1) is 5.10 Å². The van der Waals surface area contributed by atoms with Gasteiger partial charge in [-0.3, -0.25) is 20.2 Å². The van der Waals surface area contributed by atoms with Crippen molar-refractivity contribution >= 4 is 22.6 Å². The van der Waals surface area contributed by atoms with Crippen molar-refractivity contribution in [3.05, 3.63) is 66.4 Å². The second-order valence-corrected chi connectivity index (χ2v) is 6.41. The lowest BCUT2D eigenvalue weighted by atomic mass is 9.97. The number of hydrogen-bond donors (Lipinski definition) is 2. The van der Waals surface area contributed by atoms with Crippen LogP contribution in [0.3, 0.4) is 0 Å². The Kier molecular flexibility index (Phi) is 4.72. The third kappa shape index (κ3) is 3.55. The van der Waals surface area contributed by atoms with Gasteiger partial charge in [-0.05, 0) is 47.5 Å². The number of carbonyl (C=O) groups is 1. The van der Waals surface area contributed by atoms with E-state index in [0.29, 0.717) is 11.5 Å². The molecular formula is C21H19N5O2. The Morgan fingerprint density at radius 2 is 1.93 bits per heavy atom. The lowest BCUT2D eigenvalue weighted by molar-refractivity contribution is -0.117. The van der Waals surface area contributed by atoms with E-state index in [9.17, 15) is 4.79 Å². The Bertz CT molecular complexity index is 1120. The van der Waals surface area contributed by atoms with Gasteiger partial charge in [0.25, 0.3) is 0 Å². The van der Waals surface area contributed by atoms with Crippen LogP contribution in [0.1, 0.15) is 18.4 Å². The van der Waals surface area contributed by atoms with Gasteiger partial charge in [0.15, 0.2) is 5.82 Å². The molecule has 1 amide bonds. The molecule has 4 aromatic rings. The molecule has 140 valence electrons. The highest BCUT2D eigenvalue weighted by molar-refractivity contribution is 5.95. The molecule has 0 spiro atoms. The third-order valence-corrected chi connectivity index (χ3v) is 4.59. The summed E-state index contributed by atoms with van der Waals surface area (Å²) in [5.41, 5.74) is 1.57. The van der Waals surface area contributed by atoms with Gasteiger partial charge >= 0.3 is 0 Å². The molecule has 4 rings (SSSR count). The van der Waals surface area contributed by atoms with E-state index in [1.807, 2.05) is 61.5 Å². The number of pyridine rings is 1. The monoisotopic (exact) mass is 373 g/mol. The van der Waals surface area contributed by atoms with Crippen molar-refractivity contribution in [2.75, 3.05) is 12.4 Å². The number of rotatable bonds is 5. The Labute approximate surface area is 161 Å². The van der Waals surface area contributed by atoms with Gasteiger partial charge in [0, 0.05) is 6.20 Å². The molecule has 2 aromatic carbocycles. The highest BCUT2D eigenvalue weighted by atomic mass is 16.5. The summed E-state index contributed by atoms with van der Waals surface area (Å²) in [6, 6.07) is 17.3. The lowest BCUT2D eigenvalue weighted by Crippen LogP contribution is -2.19. The summed E-state index contributed by atoms with van der Waals surface area (Å²) in [6.07, 6.45) is 1.67. The molecule has 7 nitrogen and oxygen atoms in total. The first kappa shape index (κ1) is 17.7. The van der Waals surface area contributed by atoms with Crippen LogP contribution < -0.4 is 10.1 Å². The van der Waals surface area contributed by atoms with E-state index in [1.165, 1.54) is 0 Å². The summed E-state index contributed by atoms with van der Waals surface area (Å²) >= 11 is 0. The number of aromatic nitrogens is 4. The van der Waals surface area contributed by atoms with E-state index < -0.39 is 0 Å². The minimum absolute atomic E-state index is 0.181. The second-order valence-electron chi connectivity index (χ2n) is 6.41. The number of amides is 1. The normalized spacial score (nSPS) is 11.9. The number of carbonyl (C=O) groups excluding carboxylic acids is 1. The number of nitrogens with zero attached hydrogens (tertiary/aromatic N) is 3. The molecule has 2 N–H and O–H groups in total. The molecule has 0 saturated heterocycles. The topological polar surface area (TPSA) is 92.8 Å². The van der Waals surface area contributed by atoms with Crippen LogP contribution in [0.2, 0.25) is 0 Å². The summed E-state index contributed by atoms with van der Waals surface area (Å²) in [5, 5.41) is 11.7. The van der Waals surface area contributed by atoms with E-state index in [2.05, 4.69) is 25.5 Å². The van der Waals surface area contributed by atoms with Crippen LogP contribution >= 0.6 is 0 Å². The van der Waals surface area contributed by atoms with Crippen LogP contribution in [-0.4, -0.2) is 33.2 Å². The van der Waals surface area contributed by atoms with Crippen LogP contribution in [0.5, 0.6) is 5.75 Å². The van der Waals surface area contributed by atoms with Crippen LogP contribution in [0.4, 0.5) is 5.95 Å². The zero-order chi connectivity index (χ0) is 19.5. The molecule has 0 unspecified atom stereocenters. The first-order chi connectivity index (χ1) is 13.6. The van der Waals surface area contributed by atoms with Gasteiger partial charge in [-0.1, -0.05) is 30.3 Å². The molecule has 0 fully saturated rings. The number of ether oxygens (including phenoxy) is 1. The number of methoxy groups -OCH3 is 1. The molecule has 28 heavy (non-hydrogen) atoms. The fourth-order valence-corrected chi connectivity index (χ4v) is 2.94. The zero-order valence-corrected chi connectivity index (χ0v) is 15.5. The van der Waals surface area contributed by atoms with Crippen molar-refractivity contribution in [3.8, 4) is 17.3 Å². The average molecular weight is 373 g/mol.